The second kappa shape index (κ2) is 6.36. The summed E-state index contributed by atoms with van der Waals surface area (Å²) in [5, 5.41) is 13.7. The highest BCUT2D eigenvalue weighted by Crippen LogP contribution is 2.30. The van der Waals surface area contributed by atoms with Gasteiger partial charge < -0.3 is 10.4 Å². The second-order valence-electron chi connectivity index (χ2n) is 6.70. The van der Waals surface area contributed by atoms with Crippen molar-refractivity contribution in [2.75, 3.05) is 26.2 Å². The summed E-state index contributed by atoms with van der Waals surface area (Å²) in [5.41, 5.74) is -0.122. The molecule has 0 saturated carbocycles. The van der Waals surface area contributed by atoms with Crippen LogP contribution in [0.3, 0.4) is 0 Å². The van der Waals surface area contributed by atoms with Gasteiger partial charge >= 0.3 is 0 Å². The van der Waals surface area contributed by atoms with E-state index in [2.05, 4.69) is 37.9 Å². The van der Waals surface area contributed by atoms with Crippen molar-refractivity contribution in [3.8, 4) is 0 Å². The third-order valence-electron chi connectivity index (χ3n) is 4.48. The molecule has 1 atom stereocenters. The van der Waals surface area contributed by atoms with Gasteiger partial charge in [-0.2, -0.15) is 0 Å². The Morgan fingerprint density at radius 1 is 1.33 bits per heavy atom. The minimum Gasteiger partial charge on any atom is -0.389 e. The van der Waals surface area contributed by atoms with E-state index in [-0.39, 0.29) is 0 Å². The van der Waals surface area contributed by atoms with Crippen molar-refractivity contribution in [1.82, 2.24) is 10.2 Å². The molecule has 1 heterocycles. The van der Waals surface area contributed by atoms with Crippen LogP contribution in [-0.4, -0.2) is 47.8 Å². The van der Waals surface area contributed by atoms with Gasteiger partial charge in [-0.05, 0) is 31.6 Å². The molecule has 1 fully saturated rings. The molecule has 3 nitrogen and oxygen atoms in total. The van der Waals surface area contributed by atoms with Crippen molar-refractivity contribution in [1.29, 1.82) is 0 Å². The zero-order chi connectivity index (χ0) is 13.8. The van der Waals surface area contributed by atoms with Crippen molar-refractivity contribution in [3.05, 3.63) is 0 Å². The fourth-order valence-corrected chi connectivity index (χ4v) is 2.85. The molecule has 108 valence electrons. The molecule has 2 N–H and O–H groups in total. The molecule has 1 aliphatic rings. The maximum atomic E-state index is 10.1. The Bertz CT molecular complexity index is 247. The van der Waals surface area contributed by atoms with E-state index in [0.717, 1.165) is 32.6 Å². The number of aliphatic hydroxyl groups is 1. The zero-order valence-corrected chi connectivity index (χ0v) is 12.9. The Labute approximate surface area is 113 Å². The van der Waals surface area contributed by atoms with Crippen molar-refractivity contribution in [3.63, 3.8) is 0 Å². The van der Waals surface area contributed by atoms with E-state index in [0.29, 0.717) is 11.5 Å². The molecule has 0 aromatic carbocycles. The monoisotopic (exact) mass is 256 g/mol. The van der Waals surface area contributed by atoms with Crippen molar-refractivity contribution in [2.24, 2.45) is 5.41 Å². The lowest BCUT2D eigenvalue weighted by Gasteiger charge is -2.37. The highest BCUT2D eigenvalue weighted by Gasteiger charge is 2.36. The minimum absolute atomic E-state index is 0.352. The topological polar surface area (TPSA) is 35.5 Å². The Balaban J connectivity index is 2.56. The average Bonchev–Trinajstić information content (AvgIpc) is 2.64. The van der Waals surface area contributed by atoms with Gasteiger partial charge in [0, 0.05) is 32.2 Å². The highest BCUT2D eigenvalue weighted by atomic mass is 16.3. The fraction of sp³-hybridized carbons (Fsp3) is 1.00. The Morgan fingerprint density at radius 3 is 2.33 bits per heavy atom. The quantitative estimate of drug-likeness (QED) is 0.733. The molecule has 0 spiro atoms. The highest BCUT2D eigenvalue weighted by molar-refractivity contribution is 4.91. The largest absolute Gasteiger partial charge is 0.389 e. The van der Waals surface area contributed by atoms with Gasteiger partial charge in [0.2, 0.25) is 0 Å². The first-order valence-electron chi connectivity index (χ1n) is 7.50. The SMILES string of the molecule is CCC(CC)(CNC(C)C)CN1CCC(C)(O)C1. The molecule has 0 bridgehead atoms. The van der Waals surface area contributed by atoms with Crippen LogP contribution in [0, 0.1) is 5.41 Å². The van der Waals surface area contributed by atoms with E-state index in [1.54, 1.807) is 0 Å². The lowest BCUT2D eigenvalue weighted by molar-refractivity contribution is 0.0588. The summed E-state index contributed by atoms with van der Waals surface area (Å²) in [5.74, 6) is 0. The van der Waals surface area contributed by atoms with Crippen LogP contribution in [0.5, 0.6) is 0 Å². The third kappa shape index (κ3) is 4.52. The lowest BCUT2D eigenvalue weighted by Crippen LogP contribution is -2.45. The molecule has 0 radical (unpaired) electrons. The van der Waals surface area contributed by atoms with E-state index in [1.165, 1.54) is 12.8 Å². The van der Waals surface area contributed by atoms with Crippen LogP contribution in [-0.2, 0) is 0 Å². The first-order chi connectivity index (χ1) is 8.32. The van der Waals surface area contributed by atoms with Crippen molar-refractivity contribution >= 4 is 0 Å². The molecular weight excluding hydrogens is 224 g/mol. The minimum atomic E-state index is -0.474. The molecule has 3 heteroatoms. The Kier molecular flexibility index (Phi) is 5.63. The van der Waals surface area contributed by atoms with E-state index in [4.69, 9.17) is 0 Å². The van der Waals surface area contributed by atoms with Gasteiger partial charge in [0.05, 0.1) is 5.60 Å². The standard InChI is InChI=1S/C15H32N2O/c1-6-15(7-2,10-16-13(3)4)12-17-9-8-14(5,18)11-17/h13,16,18H,6-12H2,1-5H3. The molecule has 0 amide bonds. The first kappa shape index (κ1) is 15.9. The number of β-amino-alcohol motifs (C(OH)–C–C–N with tert-alkyl or cyclic N) is 1. The van der Waals surface area contributed by atoms with Crippen LogP contribution in [0.15, 0.2) is 0 Å². The number of nitrogens with zero attached hydrogens (tertiary/aromatic N) is 1. The lowest BCUT2D eigenvalue weighted by atomic mass is 9.81. The predicted molar refractivity (Wildman–Crippen MR) is 77.8 cm³/mol. The molecule has 0 aromatic rings. The predicted octanol–water partition coefficient (Wildman–Crippen LogP) is 2.25. The van der Waals surface area contributed by atoms with Crippen molar-refractivity contribution in [2.45, 2.75) is 65.5 Å². The smallest absolute Gasteiger partial charge is 0.0758 e. The van der Waals surface area contributed by atoms with Gasteiger partial charge in [0.1, 0.15) is 0 Å². The van der Waals surface area contributed by atoms with Gasteiger partial charge in [0.25, 0.3) is 0 Å². The van der Waals surface area contributed by atoms with Gasteiger partial charge in [-0.1, -0.05) is 27.7 Å². The molecule has 1 rings (SSSR count). The zero-order valence-electron chi connectivity index (χ0n) is 12.9. The Morgan fingerprint density at radius 2 is 1.94 bits per heavy atom. The average molecular weight is 256 g/mol. The summed E-state index contributed by atoms with van der Waals surface area (Å²) in [7, 11) is 0. The summed E-state index contributed by atoms with van der Waals surface area (Å²) in [6.45, 7) is 15.0. The molecule has 0 aromatic heterocycles. The molecule has 0 aliphatic carbocycles. The van der Waals surface area contributed by atoms with E-state index < -0.39 is 5.60 Å². The van der Waals surface area contributed by atoms with Crippen LogP contribution < -0.4 is 5.32 Å². The van der Waals surface area contributed by atoms with E-state index >= 15 is 0 Å². The first-order valence-corrected chi connectivity index (χ1v) is 7.50. The van der Waals surface area contributed by atoms with Crippen LogP contribution in [0.2, 0.25) is 0 Å². The molecular formula is C15H32N2O. The van der Waals surface area contributed by atoms with Gasteiger partial charge in [0.15, 0.2) is 0 Å². The van der Waals surface area contributed by atoms with E-state index in [1.807, 2.05) is 6.92 Å². The third-order valence-corrected chi connectivity index (χ3v) is 4.48. The molecule has 1 saturated heterocycles. The van der Waals surface area contributed by atoms with Crippen molar-refractivity contribution < 1.29 is 5.11 Å². The van der Waals surface area contributed by atoms with Gasteiger partial charge in [-0.3, -0.25) is 4.90 Å². The fourth-order valence-electron chi connectivity index (χ4n) is 2.85. The number of hydrogen-bond donors (Lipinski definition) is 2. The summed E-state index contributed by atoms with van der Waals surface area (Å²) in [4.78, 5) is 2.44. The normalized spacial score (nSPS) is 26.2. The number of hydrogen-bond acceptors (Lipinski definition) is 3. The summed E-state index contributed by atoms with van der Waals surface area (Å²) in [6.07, 6.45) is 3.30. The van der Waals surface area contributed by atoms with Gasteiger partial charge in [-0.15, -0.1) is 0 Å². The summed E-state index contributed by atoms with van der Waals surface area (Å²) < 4.78 is 0. The van der Waals surface area contributed by atoms with Gasteiger partial charge in [-0.25, -0.2) is 0 Å². The summed E-state index contributed by atoms with van der Waals surface area (Å²) >= 11 is 0. The van der Waals surface area contributed by atoms with Crippen LogP contribution >= 0.6 is 0 Å². The maximum absolute atomic E-state index is 10.1. The molecule has 1 aliphatic heterocycles. The number of likely N-dealkylation sites (tertiary alicyclic amines) is 1. The Hall–Kier alpha value is -0.120. The maximum Gasteiger partial charge on any atom is 0.0758 e. The molecule has 18 heavy (non-hydrogen) atoms. The van der Waals surface area contributed by atoms with Crippen LogP contribution in [0.1, 0.15) is 53.9 Å². The second-order valence-corrected chi connectivity index (χ2v) is 6.70. The van der Waals surface area contributed by atoms with E-state index in [9.17, 15) is 5.11 Å². The van der Waals surface area contributed by atoms with Crippen LogP contribution in [0.25, 0.3) is 0 Å². The van der Waals surface area contributed by atoms with Crippen LogP contribution in [0.4, 0.5) is 0 Å². The number of rotatable bonds is 7. The summed E-state index contributed by atoms with van der Waals surface area (Å²) in [6, 6.07) is 0.546. The number of nitrogens with one attached hydrogen (secondary N) is 1. The molecule has 1 unspecified atom stereocenters.